The van der Waals surface area contributed by atoms with E-state index in [1.807, 2.05) is 13.8 Å². The minimum absolute atomic E-state index is 0.189. The van der Waals surface area contributed by atoms with E-state index in [2.05, 4.69) is 0 Å². The van der Waals surface area contributed by atoms with Crippen LogP contribution in [0.1, 0.15) is 47.4 Å². The summed E-state index contributed by atoms with van der Waals surface area (Å²) in [5.41, 5.74) is -0.549. The van der Waals surface area contributed by atoms with Crippen LogP contribution in [0.5, 0.6) is 0 Å². The summed E-state index contributed by atoms with van der Waals surface area (Å²) in [6.45, 7) is 4.86. The molecule has 128 valence electrons. The van der Waals surface area contributed by atoms with Crippen LogP contribution in [0.25, 0.3) is 0 Å². The van der Waals surface area contributed by atoms with Crippen molar-refractivity contribution in [3.8, 4) is 0 Å². The maximum Gasteiger partial charge on any atom is 0.357 e. The molecule has 1 aromatic carbocycles. The Hall–Kier alpha value is -1.97. The summed E-state index contributed by atoms with van der Waals surface area (Å²) in [6, 6.07) is 2.94. The zero-order valence-electron chi connectivity index (χ0n) is 13.0. The van der Waals surface area contributed by atoms with E-state index in [9.17, 15) is 18.0 Å². The normalized spacial score (nSPS) is 11.5. The molecule has 9 heteroatoms. The van der Waals surface area contributed by atoms with Crippen LogP contribution in [-0.4, -0.2) is 43.6 Å². The highest BCUT2D eigenvalue weighted by Gasteiger charge is 2.20. The topological polar surface area (TPSA) is 127 Å². The first-order chi connectivity index (χ1) is 10.7. The number of benzene rings is 1. The Morgan fingerprint density at radius 1 is 1.13 bits per heavy atom. The Balaban J connectivity index is 3.17. The van der Waals surface area contributed by atoms with Crippen molar-refractivity contribution in [1.82, 2.24) is 5.06 Å². The lowest BCUT2D eigenvalue weighted by Crippen LogP contribution is -2.29. The minimum Gasteiger partial charge on any atom is -0.478 e. The van der Waals surface area contributed by atoms with Crippen LogP contribution in [0.4, 0.5) is 0 Å². The van der Waals surface area contributed by atoms with Gasteiger partial charge in [0.15, 0.2) is 0 Å². The second kappa shape index (κ2) is 8.04. The predicted octanol–water partition coefficient (Wildman–Crippen LogP) is 1.23. The zero-order valence-corrected chi connectivity index (χ0v) is 13.8. The molecule has 0 aliphatic rings. The number of aromatic carboxylic acids is 1. The summed E-state index contributed by atoms with van der Waals surface area (Å²) in [5.74, 6) is -2.21. The van der Waals surface area contributed by atoms with Crippen molar-refractivity contribution in [3.05, 3.63) is 29.3 Å². The van der Waals surface area contributed by atoms with E-state index in [1.165, 1.54) is 5.06 Å². The monoisotopic (exact) mass is 344 g/mol. The van der Waals surface area contributed by atoms with Crippen LogP contribution < -0.4 is 5.14 Å². The van der Waals surface area contributed by atoms with Crippen LogP contribution in [0.15, 0.2) is 23.1 Å². The van der Waals surface area contributed by atoms with Crippen molar-refractivity contribution in [1.29, 1.82) is 0 Å². The lowest BCUT2D eigenvalue weighted by molar-refractivity contribution is -0.109. The Labute approximate surface area is 134 Å². The van der Waals surface area contributed by atoms with Crippen molar-refractivity contribution in [2.24, 2.45) is 5.14 Å². The molecule has 0 bridgehead atoms. The Bertz CT molecular complexity index is 681. The smallest absolute Gasteiger partial charge is 0.357 e. The molecule has 0 aliphatic carbocycles. The molecular weight excluding hydrogens is 324 g/mol. The largest absolute Gasteiger partial charge is 0.478 e. The average molecular weight is 344 g/mol. The van der Waals surface area contributed by atoms with Gasteiger partial charge in [-0.1, -0.05) is 13.8 Å². The van der Waals surface area contributed by atoms with E-state index in [0.717, 1.165) is 31.0 Å². The third-order valence-electron chi connectivity index (χ3n) is 2.88. The fourth-order valence-electron chi connectivity index (χ4n) is 1.88. The first-order valence-electron chi connectivity index (χ1n) is 7.07. The van der Waals surface area contributed by atoms with Gasteiger partial charge in [-0.25, -0.2) is 23.1 Å². The molecule has 0 radical (unpaired) electrons. The van der Waals surface area contributed by atoms with E-state index in [0.29, 0.717) is 13.1 Å². The number of carbonyl (C=O) groups is 2. The molecule has 8 nitrogen and oxygen atoms in total. The molecular formula is C14H20N2O6S. The SMILES string of the molecule is CCCN(CCC)OC(=O)c1cc(C(=O)O)cc(S(N)(=O)=O)c1. The van der Waals surface area contributed by atoms with Gasteiger partial charge in [-0.3, -0.25) is 0 Å². The molecule has 0 aliphatic heterocycles. The first-order valence-corrected chi connectivity index (χ1v) is 8.62. The lowest BCUT2D eigenvalue weighted by Gasteiger charge is -2.20. The molecule has 0 unspecified atom stereocenters. The van der Waals surface area contributed by atoms with Gasteiger partial charge in [0.1, 0.15) is 0 Å². The number of hydrogen-bond donors (Lipinski definition) is 2. The second-order valence-electron chi connectivity index (χ2n) is 4.90. The third kappa shape index (κ3) is 5.62. The van der Waals surface area contributed by atoms with Gasteiger partial charge in [0.2, 0.25) is 10.0 Å². The van der Waals surface area contributed by atoms with E-state index in [1.54, 1.807) is 0 Å². The van der Waals surface area contributed by atoms with E-state index >= 15 is 0 Å². The van der Waals surface area contributed by atoms with Crippen LogP contribution in [0, 0.1) is 0 Å². The number of carbonyl (C=O) groups excluding carboxylic acids is 1. The molecule has 1 rings (SSSR count). The van der Waals surface area contributed by atoms with E-state index in [-0.39, 0.29) is 11.1 Å². The molecule has 0 atom stereocenters. The molecule has 0 amide bonds. The molecule has 0 spiro atoms. The average Bonchev–Trinajstić information content (AvgIpc) is 2.46. The quantitative estimate of drug-likeness (QED) is 0.679. The summed E-state index contributed by atoms with van der Waals surface area (Å²) in [4.78, 5) is 28.0. The Morgan fingerprint density at radius 3 is 2.09 bits per heavy atom. The lowest BCUT2D eigenvalue weighted by atomic mass is 10.1. The van der Waals surface area contributed by atoms with Gasteiger partial charge in [0.25, 0.3) is 0 Å². The summed E-state index contributed by atoms with van der Waals surface area (Å²) in [6.07, 6.45) is 1.51. The van der Waals surface area contributed by atoms with Crippen LogP contribution in [0.3, 0.4) is 0 Å². The van der Waals surface area contributed by atoms with Crippen molar-refractivity contribution in [3.63, 3.8) is 0 Å². The fourth-order valence-corrected chi connectivity index (χ4v) is 2.46. The predicted molar refractivity (Wildman–Crippen MR) is 82.3 cm³/mol. The summed E-state index contributed by atoms with van der Waals surface area (Å²) in [5, 5.41) is 15.5. The van der Waals surface area contributed by atoms with Crippen LogP contribution >= 0.6 is 0 Å². The van der Waals surface area contributed by atoms with Gasteiger partial charge >= 0.3 is 11.9 Å². The number of primary sulfonamides is 1. The van der Waals surface area contributed by atoms with E-state index in [4.69, 9.17) is 15.1 Å². The number of hydrogen-bond acceptors (Lipinski definition) is 6. The standard InChI is InChI=1S/C14H20N2O6S/c1-3-5-16(6-4-2)22-14(19)11-7-10(13(17)18)8-12(9-11)23(15,20)21/h7-9H,3-6H2,1-2H3,(H,17,18)(H2,15,20,21). The van der Waals surface area contributed by atoms with Crippen molar-refractivity contribution < 1.29 is 28.0 Å². The maximum absolute atomic E-state index is 12.2. The molecule has 0 saturated carbocycles. The van der Waals surface area contributed by atoms with Crippen molar-refractivity contribution >= 4 is 22.0 Å². The Kier molecular flexibility index (Phi) is 6.67. The molecule has 1 aromatic rings. The number of sulfonamides is 1. The number of hydroxylamine groups is 2. The summed E-state index contributed by atoms with van der Waals surface area (Å²) < 4.78 is 22.9. The van der Waals surface area contributed by atoms with Gasteiger partial charge in [-0.05, 0) is 31.0 Å². The number of carboxylic acids is 1. The molecule has 0 fully saturated rings. The van der Waals surface area contributed by atoms with E-state index < -0.39 is 26.9 Å². The van der Waals surface area contributed by atoms with Gasteiger partial charge < -0.3 is 9.94 Å². The van der Waals surface area contributed by atoms with Crippen LogP contribution in [-0.2, 0) is 14.9 Å². The number of nitrogens with zero attached hydrogens (tertiary/aromatic N) is 1. The number of nitrogens with two attached hydrogens (primary N) is 1. The molecule has 0 saturated heterocycles. The van der Waals surface area contributed by atoms with Gasteiger partial charge in [0, 0.05) is 13.1 Å². The second-order valence-corrected chi connectivity index (χ2v) is 6.47. The number of carboxylic acid groups (broad SMARTS) is 1. The highest BCUT2D eigenvalue weighted by molar-refractivity contribution is 7.89. The molecule has 23 heavy (non-hydrogen) atoms. The van der Waals surface area contributed by atoms with Crippen LogP contribution in [0.2, 0.25) is 0 Å². The summed E-state index contributed by atoms with van der Waals surface area (Å²) >= 11 is 0. The molecule has 3 N–H and O–H groups in total. The maximum atomic E-state index is 12.2. The summed E-state index contributed by atoms with van der Waals surface area (Å²) in [7, 11) is -4.15. The highest BCUT2D eigenvalue weighted by atomic mass is 32.2. The van der Waals surface area contributed by atoms with Crippen molar-refractivity contribution in [2.75, 3.05) is 13.1 Å². The fraction of sp³-hybridized carbons (Fsp3) is 0.429. The first kappa shape index (κ1) is 19.1. The van der Waals surface area contributed by atoms with Gasteiger partial charge in [-0.15, -0.1) is 5.06 Å². The van der Waals surface area contributed by atoms with Gasteiger partial charge in [-0.2, -0.15) is 0 Å². The Morgan fingerprint density at radius 2 is 1.65 bits per heavy atom. The minimum atomic E-state index is -4.15. The molecule has 0 aromatic heterocycles. The van der Waals surface area contributed by atoms with Gasteiger partial charge in [0.05, 0.1) is 16.0 Å². The van der Waals surface area contributed by atoms with Crippen molar-refractivity contribution in [2.45, 2.75) is 31.6 Å². The number of rotatable bonds is 8. The molecule has 0 heterocycles. The highest BCUT2D eigenvalue weighted by Crippen LogP contribution is 2.16. The third-order valence-corrected chi connectivity index (χ3v) is 3.77. The zero-order chi connectivity index (χ0) is 17.6.